The van der Waals surface area contributed by atoms with Crippen LogP contribution in [-0.4, -0.2) is 57.6 Å². The zero-order chi connectivity index (χ0) is 30.3. The van der Waals surface area contributed by atoms with Gasteiger partial charge in [-0.15, -0.1) is 0 Å². The highest BCUT2D eigenvalue weighted by molar-refractivity contribution is 5.89. The van der Waals surface area contributed by atoms with E-state index in [0.29, 0.717) is 45.2 Å². The number of likely N-dealkylation sites (tertiary alicyclic amines) is 1. The molecule has 1 aliphatic heterocycles. The first-order valence-corrected chi connectivity index (χ1v) is 16.5. The number of carboxylic acid groups (broad SMARTS) is 2. The van der Waals surface area contributed by atoms with Gasteiger partial charge in [0.15, 0.2) is 0 Å². The molecule has 236 valence electrons. The van der Waals surface area contributed by atoms with Crippen molar-refractivity contribution in [3.05, 3.63) is 0 Å². The molecule has 1 amide bonds. The third-order valence-electron chi connectivity index (χ3n) is 8.41. The number of aliphatic carboxylic acids is 2. The van der Waals surface area contributed by atoms with Crippen molar-refractivity contribution >= 4 is 29.4 Å². The first-order valence-electron chi connectivity index (χ1n) is 16.5. The second-order valence-electron chi connectivity index (χ2n) is 12.1. The summed E-state index contributed by atoms with van der Waals surface area (Å²) in [5.41, 5.74) is 0. The lowest BCUT2D eigenvalue weighted by molar-refractivity contribution is -0.146. The number of carbonyl (C=O) groups excluding carboxylic acids is 3. The van der Waals surface area contributed by atoms with E-state index >= 15 is 0 Å². The Labute approximate surface area is 248 Å². The maximum Gasteiger partial charge on any atom is 0.307 e. The number of unbranched alkanes of at least 4 members (excludes halogenated alkanes) is 14. The Balaban J connectivity index is 2.04. The minimum Gasteiger partial charge on any atom is -0.481 e. The van der Waals surface area contributed by atoms with E-state index in [0.717, 1.165) is 51.4 Å². The van der Waals surface area contributed by atoms with Crippen LogP contribution in [0.5, 0.6) is 0 Å². The van der Waals surface area contributed by atoms with Crippen LogP contribution < -0.4 is 0 Å². The fourth-order valence-electron chi connectivity index (χ4n) is 5.69. The molecule has 1 aliphatic rings. The van der Waals surface area contributed by atoms with E-state index in [1.807, 2.05) is 11.8 Å². The van der Waals surface area contributed by atoms with Crippen LogP contribution in [0, 0.1) is 11.8 Å². The van der Waals surface area contributed by atoms with E-state index in [2.05, 4.69) is 0 Å². The lowest BCUT2D eigenvalue weighted by Gasteiger charge is -2.31. The molecule has 0 aromatic carbocycles. The Bertz CT molecular complexity index is 774. The Morgan fingerprint density at radius 2 is 1.10 bits per heavy atom. The minimum atomic E-state index is -1.08. The van der Waals surface area contributed by atoms with E-state index in [4.69, 9.17) is 5.11 Å². The van der Waals surface area contributed by atoms with E-state index in [9.17, 15) is 29.1 Å². The van der Waals surface area contributed by atoms with Gasteiger partial charge in [0.1, 0.15) is 11.6 Å². The summed E-state index contributed by atoms with van der Waals surface area (Å²) in [6.45, 7) is 3.08. The number of nitrogens with zero attached hydrogens (tertiary/aromatic N) is 1. The molecule has 1 atom stereocenters. The van der Waals surface area contributed by atoms with Crippen molar-refractivity contribution in [2.24, 2.45) is 11.8 Å². The van der Waals surface area contributed by atoms with Gasteiger partial charge >= 0.3 is 11.9 Å². The number of amides is 1. The monoisotopic (exact) mass is 579 g/mol. The summed E-state index contributed by atoms with van der Waals surface area (Å²) in [5.74, 6) is -2.95. The Morgan fingerprint density at radius 3 is 1.54 bits per heavy atom. The fourth-order valence-corrected chi connectivity index (χ4v) is 5.69. The number of carboxylic acids is 2. The molecule has 8 heteroatoms. The normalized spacial score (nSPS) is 14.6. The van der Waals surface area contributed by atoms with Crippen molar-refractivity contribution in [1.29, 1.82) is 0 Å². The van der Waals surface area contributed by atoms with Crippen molar-refractivity contribution in [3.63, 3.8) is 0 Å². The number of ketones is 2. The van der Waals surface area contributed by atoms with Gasteiger partial charge in [-0.05, 0) is 32.1 Å². The maximum atomic E-state index is 12.7. The molecule has 1 heterocycles. The average molecular weight is 580 g/mol. The molecule has 8 nitrogen and oxygen atoms in total. The molecule has 0 aromatic rings. The predicted molar refractivity (Wildman–Crippen MR) is 161 cm³/mol. The third kappa shape index (κ3) is 18.7. The molecule has 0 unspecified atom stereocenters. The standard InChI is InChI=1S/C33H57NO7/c1-2-3-18-29(35)25-28(33(40)41)26-30(36)27-21-23-34(24-22-27)31(37)19-16-14-12-10-8-6-4-5-7-9-11-13-15-17-20-32(38)39/h27-28H,2-26H2,1H3,(H,38,39)(H,40,41)/t28-/m0/s1. The molecule has 0 saturated carbocycles. The summed E-state index contributed by atoms with van der Waals surface area (Å²) >= 11 is 0. The van der Waals surface area contributed by atoms with Crippen molar-refractivity contribution in [3.8, 4) is 0 Å². The third-order valence-corrected chi connectivity index (χ3v) is 8.41. The maximum absolute atomic E-state index is 12.7. The SMILES string of the molecule is CCCCC(=O)C[C@@H](CC(=O)C1CCN(C(=O)CCCCCCCCCCCCCCCCC(=O)O)CC1)C(=O)O. The molecular formula is C33H57NO7. The van der Waals surface area contributed by atoms with Crippen molar-refractivity contribution < 1.29 is 34.2 Å². The molecular weight excluding hydrogens is 522 g/mol. The van der Waals surface area contributed by atoms with Crippen LogP contribution in [0.25, 0.3) is 0 Å². The zero-order valence-corrected chi connectivity index (χ0v) is 25.7. The first-order chi connectivity index (χ1) is 19.7. The molecule has 1 saturated heterocycles. The summed E-state index contributed by atoms with van der Waals surface area (Å²) in [5, 5.41) is 18.1. The van der Waals surface area contributed by atoms with Gasteiger partial charge in [0.2, 0.25) is 5.91 Å². The van der Waals surface area contributed by atoms with Crippen LogP contribution in [0.4, 0.5) is 0 Å². The minimum absolute atomic E-state index is 0.0711. The van der Waals surface area contributed by atoms with Crippen LogP contribution in [0.3, 0.4) is 0 Å². The molecule has 41 heavy (non-hydrogen) atoms. The van der Waals surface area contributed by atoms with E-state index < -0.39 is 17.9 Å². The average Bonchev–Trinajstić information content (AvgIpc) is 2.95. The van der Waals surface area contributed by atoms with Gasteiger partial charge in [0, 0.05) is 51.1 Å². The molecule has 1 rings (SSSR count). The van der Waals surface area contributed by atoms with Gasteiger partial charge in [-0.25, -0.2) is 0 Å². The van der Waals surface area contributed by atoms with Crippen LogP contribution in [0.15, 0.2) is 0 Å². The molecule has 0 aliphatic carbocycles. The largest absolute Gasteiger partial charge is 0.481 e. The number of piperidine rings is 1. The molecule has 1 fully saturated rings. The number of hydrogen-bond donors (Lipinski definition) is 2. The highest BCUT2D eigenvalue weighted by Crippen LogP contribution is 2.24. The van der Waals surface area contributed by atoms with E-state index in [-0.39, 0.29) is 36.2 Å². The highest BCUT2D eigenvalue weighted by Gasteiger charge is 2.31. The number of carbonyl (C=O) groups is 5. The summed E-state index contributed by atoms with van der Waals surface area (Å²) < 4.78 is 0. The van der Waals surface area contributed by atoms with Crippen LogP contribution >= 0.6 is 0 Å². The fraction of sp³-hybridized carbons (Fsp3) is 0.848. The lowest BCUT2D eigenvalue weighted by atomic mass is 9.85. The number of hydrogen-bond acceptors (Lipinski definition) is 5. The lowest BCUT2D eigenvalue weighted by Crippen LogP contribution is -2.40. The molecule has 0 bridgehead atoms. The quantitative estimate of drug-likeness (QED) is 0.102. The summed E-state index contributed by atoms with van der Waals surface area (Å²) in [6.07, 6.45) is 20.0. The second kappa shape index (κ2) is 23.3. The smallest absolute Gasteiger partial charge is 0.307 e. The van der Waals surface area contributed by atoms with Gasteiger partial charge < -0.3 is 15.1 Å². The molecule has 2 N–H and O–H groups in total. The van der Waals surface area contributed by atoms with E-state index in [1.165, 1.54) is 51.4 Å². The Hall–Kier alpha value is -2.25. The Morgan fingerprint density at radius 1 is 0.634 bits per heavy atom. The van der Waals surface area contributed by atoms with Crippen molar-refractivity contribution in [1.82, 2.24) is 4.90 Å². The Kier molecular flexibility index (Phi) is 20.9. The predicted octanol–water partition coefficient (Wildman–Crippen LogP) is 7.36. The number of Topliss-reactive ketones (excluding diaryl/α,β-unsaturated/α-hetero) is 2. The second-order valence-corrected chi connectivity index (χ2v) is 12.1. The summed E-state index contributed by atoms with van der Waals surface area (Å²) in [7, 11) is 0. The zero-order valence-electron chi connectivity index (χ0n) is 25.7. The molecule has 0 radical (unpaired) electrons. The van der Waals surface area contributed by atoms with Crippen molar-refractivity contribution in [2.75, 3.05) is 13.1 Å². The van der Waals surface area contributed by atoms with Gasteiger partial charge in [-0.2, -0.15) is 0 Å². The van der Waals surface area contributed by atoms with E-state index in [1.54, 1.807) is 0 Å². The number of rotatable bonds is 26. The van der Waals surface area contributed by atoms with Crippen molar-refractivity contribution in [2.45, 2.75) is 155 Å². The van der Waals surface area contributed by atoms with Crippen LogP contribution in [-0.2, 0) is 24.0 Å². The summed E-state index contributed by atoms with van der Waals surface area (Å²) in [4.78, 5) is 61.3. The highest BCUT2D eigenvalue weighted by atomic mass is 16.4. The topological polar surface area (TPSA) is 129 Å². The van der Waals surface area contributed by atoms with Crippen LogP contribution in [0.2, 0.25) is 0 Å². The van der Waals surface area contributed by atoms with Crippen LogP contribution in [0.1, 0.15) is 155 Å². The van der Waals surface area contributed by atoms with Gasteiger partial charge in [0.25, 0.3) is 0 Å². The molecule has 0 spiro atoms. The van der Waals surface area contributed by atoms with Gasteiger partial charge in [-0.1, -0.05) is 90.4 Å². The van der Waals surface area contributed by atoms with Gasteiger partial charge in [0.05, 0.1) is 5.92 Å². The first kappa shape index (κ1) is 36.8. The van der Waals surface area contributed by atoms with Gasteiger partial charge in [-0.3, -0.25) is 24.0 Å². The summed E-state index contributed by atoms with van der Waals surface area (Å²) in [6, 6.07) is 0. The molecule has 0 aromatic heterocycles.